The van der Waals surface area contributed by atoms with Crippen molar-refractivity contribution in [2.24, 2.45) is 4.99 Å². The van der Waals surface area contributed by atoms with Crippen molar-refractivity contribution in [3.05, 3.63) is 85.6 Å². The van der Waals surface area contributed by atoms with Crippen LogP contribution < -0.4 is 10.1 Å². The Kier molecular flexibility index (Phi) is 7.99. The maximum atomic E-state index is 12.9. The molecular formula is C22H18Cl2F3N3O2S. The molecule has 3 rings (SSSR count). The number of thiazole rings is 1. The fraction of sp³-hybridized carbons (Fsp3) is 0.227. The summed E-state index contributed by atoms with van der Waals surface area (Å²) in [5, 5.41) is 4.87. The molecule has 11 heteroatoms. The molecule has 174 valence electrons. The molecule has 0 aliphatic rings. The van der Waals surface area contributed by atoms with Crippen LogP contribution in [0.5, 0.6) is 0 Å². The number of amides is 2. The highest BCUT2D eigenvalue weighted by Gasteiger charge is 2.30. The van der Waals surface area contributed by atoms with Gasteiger partial charge in [-0.15, -0.1) is 11.3 Å². The zero-order valence-electron chi connectivity index (χ0n) is 17.2. The van der Waals surface area contributed by atoms with Crippen LogP contribution in [0.4, 0.5) is 13.2 Å². The van der Waals surface area contributed by atoms with Gasteiger partial charge < -0.3 is 9.88 Å². The van der Waals surface area contributed by atoms with Gasteiger partial charge in [-0.3, -0.25) is 9.59 Å². The minimum Gasteiger partial charge on any atom is -0.350 e. The van der Waals surface area contributed by atoms with Crippen molar-refractivity contribution in [3.8, 4) is 0 Å². The second-order valence-corrected chi connectivity index (χ2v) is 8.67. The molecule has 1 atom stereocenters. The van der Waals surface area contributed by atoms with Crippen molar-refractivity contribution >= 4 is 46.4 Å². The third-order valence-corrected chi connectivity index (χ3v) is 6.24. The van der Waals surface area contributed by atoms with E-state index in [2.05, 4.69) is 10.3 Å². The Morgan fingerprint density at radius 2 is 1.91 bits per heavy atom. The summed E-state index contributed by atoms with van der Waals surface area (Å²) in [7, 11) is 0. The summed E-state index contributed by atoms with van der Waals surface area (Å²) in [6.07, 6.45) is -2.46. The van der Waals surface area contributed by atoms with E-state index in [1.807, 2.05) is 0 Å². The molecule has 1 unspecified atom stereocenters. The molecule has 0 saturated carbocycles. The van der Waals surface area contributed by atoms with E-state index in [1.165, 1.54) is 41.7 Å². The van der Waals surface area contributed by atoms with Gasteiger partial charge in [-0.05, 0) is 42.3 Å². The molecule has 0 spiro atoms. The first-order chi connectivity index (χ1) is 15.6. The Hall–Kier alpha value is -2.62. The second kappa shape index (κ2) is 10.5. The number of carbonyl (C=O) groups excluding carboxylic acids is 2. The Morgan fingerprint density at radius 3 is 2.58 bits per heavy atom. The van der Waals surface area contributed by atoms with Crippen LogP contribution in [-0.2, 0) is 17.5 Å². The third kappa shape index (κ3) is 6.25. The van der Waals surface area contributed by atoms with Gasteiger partial charge in [0.25, 0.3) is 5.91 Å². The van der Waals surface area contributed by atoms with Gasteiger partial charge in [0.15, 0.2) is 4.80 Å². The zero-order valence-corrected chi connectivity index (χ0v) is 19.5. The number of nitrogens with zero attached hydrogens (tertiary/aromatic N) is 2. The molecule has 0 radical (unpaired) electrons. The number of alkyl halides is 3. The molecule has 5 nitrogen and oxygen atoms in total. The minimum atomic E-state index is -4.46. The van der Waals surface area contributed by atoms with Crippen molar-refractivity contribution in [1.29, 1.82) is 0 Å². The number of rotatable bonds is 6. The molecule has 2 aromatic carbocycles. The van der Waals surface area contributed by atoms with Gasteiger partial charge in [-0.25, -0.2) is 0 Å². The second-order valence-electron chi connectivity index (χ2n) is 6.98. The highest BCUT2D eigenvalue weighted by Crippen LogP contribution is 2.29. The van der Waals surface area contributed by atoms with Gasteiger partial charge in [0, 0.05) is 23.7 Å². The van der Waals surface area contributed by atoms with Crippen molar-refractivity contribution in [2.45, 2.75) is 32.1 Å². The average molecular weight is 516 g/mol. The van der Waals surface area contributed by atoms with E-state index in [4.69, 9.17) is 23.2 Å². The molecule has 0 fully saturated rings. The summed E-state index contributed by atoms with van der Waals surface area (Å²) in [5.41, 5.74) is -0.218. The topological polar surface area (TPSA) is 63.5 Å². The first-order valence-corrected chi connectivity index (χ1v) is 11.4. The van der Waals surface area contributed by atoms with E-state index in [1.54, 1.807) is 23.1 Å². The number of benzene rings is 2. The number of carbonyl (C=O) groups is 2. The van der Waals surface area contributed by atoms with Crippen LogP contribution in [0, 0.1) is 0 Å². The van der Waals surface area contributed by atoms with Gasteiger partial charge in [0.2, 0.25) is 5.91 Å². The van der Waals surface area contributed by atoms with Crippen LogP contribution >= 0.6 is 34.5 Å². The molecule has 1 aromatic heterocycles. The Labute approximate surface area is 201 Å². The molecule has 0 aliphatic heterocycles. The van der Waals surface area contributed by atoms with Crippen LogP contribution in [0.15, 0.2) is 59.0 Å². The first kappa shape index (κ1) is 25.0. The van der Waals surface area contributed by atoms with E-state index in [0.717, 1.165) is 12.1 Å². The fourth-order valence-corrected chi connectivity index (χ4v) is 4.11. The van der Waals surface area contributed by atoms with Gasteiger partial charge in [-0.1, -0.05) is 42.3 Å². The number of hydrogen-bond acceptors (Lipinski definition) is 3. The third-order valence-electron chi connectivity index (χ3n) is 4.73. The predicted molar refractivity (Wildman–Crippen MR) is 121 cm³/mol. The minimum absolute atomic E-state index is 0.0708. The van der Waals surface area contributed by atoms with Crippen molar-refractivity contribution in [1.82, 2.24) is 9.88 Å². The largest absolute Gasteiger partial charge is 0.416 e. The predicted octanol–water partition coefficient (Wildman–Crippen LogP) is 5.88. The lowest BCUT2D eigenvalue weighted by molar-refractivity contribution is -0.137. The molecule has 3 aromatic rings. The molecule has 0 aliphatic carbocycles. The molecule has 33 heavy (non-hydrogen) atoms. The Bertz CT molecular complexity index is 1240. The summed E-state index contributed by atoms with van der Waals surface area (Å²) in [6, 6.07) is 8.46. The van der Waals surface area contributed by atoms with Crippen LogP contribution in [0.1, 0.15) is 40.9 Å². The maximum absolute atomic E-state index is 12.9. The van der Waals surface area contributed by atoms with Gasteiger partial charge in [0.1, 0.15) is 6.04 Å². The number of aromatic nitrogens is 1. The van der Waals surface area contributed by atoms with E-state index < -0.39 is 29.6 Å². The Morgan fingerprint density at radius 1 is 1.15 bits per heavy atom. The lowest BCUT2D eigenvalue weighted by atomic mass is 10.1. The van der Waals surface area contributed by atoms with Gasteiger partial charge in [0.05, 0.1) is 15.6 Å². The van der Waals surface area contributed by atoms with Gasteiger partial charge in [-0.2, -0.15) is 18.2 Å². The summed E-state index contributed by atoms with van der Waals surface area (Å²) in [4.78, 5) is 29.8. The lowest BCUT2D eigenvalue weighted by Crippen LogP contribution is -2.35. The van der Waals surface area contributed by atoms with Crippen LogP contribution in [0.3, 0.4) is 0 Å². The van der Waals surface area contributed by atoms with E-state index >= 15 is 0 Å². The van der Waals surface area contributed by atoms with Crippen molar-refractivity contribution < 1.29 is 22.8 Å². The normalized spacial score (nSPS) is 13.1. The fourth-order valence-electron chi connectivity index (χ4n) is 3.06. The van der Waals surface area contributed by atoms with Crippen LogP contribution in [0.2, 0.25) is 10.0 Å². The zero-order chi connectivity index (χ0) is 24.2. The number of hydrogen-bond donors (Lipinski definition) is 1. The quantitative estimate of drug-likeness (QED) is 0.445. The molecular weight excluding hydrogens is 498 g/mol. The maximum Gasteiger partial charge on any atom is 0.416 e. The van der Waals surface area contributed by atoms with E-state index in [0.29, 0.717) is 21.8 Å². The number of halogens is 5. The van der Waals surface area contributed by atoms with Crippen LogP contribution in [-0.4, -0.2) is 16.4 Å². The number of nitrogens with one attached hydrogen (secondary N) is 1. The van der Waals surface area contributed by atoms with E-state index in [-0.39, 0.29) is 17.1 Å². The van der Waals surface area contributed by atoms with Crippen LogP contribution in [0.25, 0.3) is 0 Å². The SMILES string of the molecule is CCC(C(=O)NCc1cccc(C(F)(F)F)c1)n1ccsc1=NC(=O)c1ccc(Cl)c(Cl)c1. The lowest BCUT2D eigenvalue weighted by Gasteiger charge is -2.17. The highest BCUT2D eigenvalue weighted by atomic mass is 35.5. The van der Waals surface area contributed by atoms with Crippen molar-refractivity contribution in [2.75, 3.05) is 0 Å². The smallest absolute Gasteiger partial charge is 0.350 e. The molecule has 1 N–H and O–H groups in total. The summed E-state index contributed by atoms with van der Waals surface area (Å²) < 4.78 is 40.3. The summed E-state index contributed by atoms with van der Waals surface area (Å²) in [5.74, 6) is -0.958. The molecule has 0 bridgehead atoms. The Balaban J connectivity index is 1.78. The molecule has 2 amide bonds. The first-order valence-electron chi connectivity index (χ1n) is 9.73. The average Bonchev–Trinajstić information content (AvgIpc) is 3.22. The van der Waals surface area contributed by atoms with Gasteiger partial charge >= 0.3 is 6.18 Å². The molecule has 1 heterocycles. The summed E-state index contributed by atoms with van der Waals surface area (Å²) in [6.45, 7) is 1.71. The van der Waals surface area contributed by atoms with Crippen molar-refractivity contribution in [3.63, 3.8) is 0 Å². The molecule has 0 saturated heterocycles. The van der Waals surface area contributed by atoms with E-state index in [9.17, 15) is 22.8 Å². The highest BCUT2D eigenvalue weighted by molar-refractivity contribution is 7.07. The summed E-state index contributed by atoms with van der Waals surface area (Å²) >= 11 is 13.0. The monoisotopic (exact) mass is 515 g/mol. The standard InChI is InChI=1S/C22H18Cl2F3N3O2S/c1-2-18(20(32)28-12-13-4-3-5-15(10-13)22(25,26)27)30-8-9-33-21(30)29-19(31)14-6-7-16(23)17(24)11-14/h3-11,18H,2,12H2,1H3,(H,28,32).